The Morgan fingerprint density at radius 3 is 2.62 bits per heavy atom. The largest absolute Gasteiger partial charge is 0.356 e. The first kappa shape index (κ1) is 20.6. The Labute approximate surface area is 197 Å². The average Bonchev–Trinajstić information content (AvgIpc) is 3.32. The molecular weight excluding hydrogens is 426 g/mol. The van der Waals surface area contributed by atoms with Crippen molar-refractivity contribution >= 4 is 28.3 Å². The lowest BCUT2D eigenvalue weighted by Crippen LogP contribution is -2.35. The number of para-hydroxylation sites is 2. The van der Waals surface area contributed by atoms with Crippen molar-refractivity contribution in [3.63, 3.8) is 0 Å². The monoisotopic (exact) mass is 451 g/mol. The smallest absolute Gasteiger partial charge is 0.277 e. The van der Waals surface area contributed by atoms with Crippen molar-refractivity contribution in [2.75, 3.05) is 29.4 Å². The molecule has 0 radical (unpaired) electrons. The third-order valence-corrected chi connectivity index (χ3v) is 7.05. The van der Waals surface area contributed by atoms with Crippen LogP contribution < -0.4 is 15.4 Å². The van der Waals surface area contributed by atoms with E-state index in [1.165, 1.54) is 11.9 Å². The van der Waals surface area contributed by atoms with Gasteiger partial charge in [-0.05, 0) is 54.3 Å². The predicted octanol–water partition coefficient (Wildman–Crippen LogP) is 3.91. The highest BCUT2D eigenvalue weighted by molar-refractivity contribution is 6.06. The van der Waals surface area contributed by atoms with Gasteiger partial charge in [-0.3, -0.25) is 9.59 Å². The first-order chi connectivity index (χ1) is 16.7. The molecule has 0 saturated carbocycles. The highest BCUT2D eigenvalue weighted by atomic mass is 16.2. The van der Waals surface area contributed by atoms with Crippen LogP contribution in [0.25, 0.3) is 10.9 Å². The molecule has 1 amide bonds. The fraction of sp³-hybridized carbons (Fsp3) is 0.259. The maximum Gasteiger partial charge on any atom is 0.277 e. The van der Waals surface area contributed by atoms with E-state index in [2.05, 4.69) is 25.9 Å². The highest BCUT2D eigenvalue weighted by Crippen LogP contribution is 2.31. The summed E-state index contributed by atoms with van der Waals surface area (Å²) in [6.45, 7) is 2.21. The van der Waals surface area contributed by atoms with Gasteiger partial charge in [0.2, 0.25) is 0 Å². The molecule has 2 aliphatic rings. The van der Waals surface area contributed by atoms with Crippen LogP contribution in [0.4, 0.5) is 11.5 Å². The number of piperidine rings is 1. The number of nitrogens with one attached hydrogen (secondary N) is 1. The molecule has 0 atom stereocenters. The number of hydrogen-bond donors (Lipinski definition) is 1. The van der Waals surface area contributed by atoms with Crippen LogP contribution in [-0.4, -0.2) is 40.5 Å². The number of aromatic amines is 1. The lowest BCUT2D eigenvalue weighted by atomic mass is 9.89. The van der Waals surface area contributed by atoms with Gasteiger partial charge in [0.15, 0.2) is 0 Å². The van der Waals surface area contributed by atoms with Gasteiger partial charge in [0.25, 0.3) is 11.5 Å². The zero-order valence-corrected chi connectivity index (χ0v) is 18.8. The average molecular weight is 452 g/mol. The molecule has 170 valence electrons. The molecule has 2 aliphatic heterocycles. The highest BCUT2D eigenvalue weighted by Gasteiger charge is 2.28. The molecule has 34 heavy (non-hydrogen) atoms. The summed E-state index contributed by atoms with van der Waals surface area (Å²) < 4.78 is 0. The predicted molar refractivity (Wildman–Crippen MR) is 133 cm³/mol. The van der Waals surface area contributed by atoms with Gasteiger partial charge in [0.05, 0.1) is 0 Å². The number of aromatic nitrogens is 3. The molecule has 7 heteroatoms. The number of carbonyl (C=O) groups is 1. The number of amides is 1. The molecule has 1 fully saturated rings. The molecule has 0 unspecified atom stereocenters. The van der Waals surface area contributed by atoms with Crippen molar-refractivity contribution in [1.29, 1.82) is 0 Å². The Morgan fingerprint density at radius 2 is 1.74 bits per heavy atom. The van der Waals surface area contributed by atoms with Crippen molar-refractivity contribution in [3.05, 3.63) is 94.2 Å². The molecular formula is C27H25N5O2. The van der Waals surface area contributed by atoms with Crippen molar-refractivity contribution in [3.8, 4) is 0 Å². The molecule has 0 aliphatic carbocycles. The van der Waals surface area contributed by atoms with Gasteiger partial charge in [0.1, 0.15) is 17.8 Å². The van der Waals surface area contributed by atoms with E-state index in [0.29, 0.717) is 12.2 Å². The second kappa shape index (κ2) is 8.41. The Morgan fingerprint density at radius 1 is 0.941 bits per heavy atom. The van der Waals surface area contributed by atoms with E-state index in [0.717, 1.165) is 60.3 Å². The quantitative estimate of drug-likeness (QED) is 0.511. The molecule has 4 heterocycles. The van der Waals surface area contributed by atoms with Gasteiger partial charge in [-0.2, -0.15) is 0 Å². The van der Waals surface area contributed by atoms with Gasteiger partial charge in [0, 0.05) is 42.5 Å². The first-order valence-corrected chi connectivity index (χ1v) is 11.8. The molecule has 1 saturated heterocycles. The summed E-state index contributed by atoms with van der Waals surface area (Å²) in [4.78, 5) is 41.6. The number of fused-ring (bicyclic) bond motifs is 2. The summed E-state index contributed by atoms with van der Waals surface area (Å²) in [7, 11) is 0. The van der Waals surface area contributed by atoms with Gasteiger partial charge in [-0.25, -0.2) is 9.97 Å². The van der Waals surface area contributed by atoms with Crippen molar-refractivity contribution in [1.82, 2.24) is 15.0 Å². The van der Waals surface area contributed by atoms with Crippen LogP contribution >= 0.6 is 0 Å². The van der Waals surface area contributed by atoms with Gasteiger partial charge < -0.3 is 14.8 Å². The van der Waals surface area contributed by atoms with Crippen LogP contribution in [0, 0.1) is 0 Å². The fourth-order valence-electron chi connectivity index (χ4n) is 5.21. The zero-order chi connectivity index (χ0) is 23.1. The van der Waals surface area contributed by atoms with Gasteiger partial charge >= 0.3 is 0 Å². The number of rotatable bonds is 3. The van der Waals surface area contributed by atoms with E-state index in [1.54, 1.807) is 11.0 Å². The third kappa shape index (κ3) is 3.63. The maximum atomic E-state index is 13.2. The van der Waals surface area contributed by atoms with Crippen LogP contribution in [0.3, 0.4) is 0 Å². The van der Waals surface area contributed by atoms with E-state index in [4.69, 9.17) is 0 Å². The van der Waals surface area contributed by atoms with E-state index >= 15 is 0 Å². The second-order valence-corrected chi connectivity index (χ2v) is 9.00. The summed E-state index contributed by atoms with van der Waals surface area (Å²) in [5.74, 6) is 0.872. The lowest BCUT2D eigenvalue weighted by molar-refractivity contribution is 0.0984. The van der Waals surface area contributed by atoms with Crippen LogP contribution in [0.1, 0.15) is 40.4 Å². The number of pyridine rings is 1. The van der Waals surface area contributed by atoms with E-state index in [1.807, 2.05) is 48.5 Å². The minimum Gasteiger partial charge on any atom is -0.356 e. The third-order valence-electron chi connectivity index (χ3n) is 7.05. The number of H-pyrrole nitrogens is 1. The Hall–Kier alpha value is -4.00. The Balaban J connectivity index is 1.18. The number of nitrogens with zero attached hydrogens (tertiary/aromatic N) is 4. The normalized spacial score (nSPS) is 16.1. The van der Waals surface area contributed by atoms with Crippen LogP contribution in [-0.2, 0) is 6.42 Å². The number of benzene rings is 2. The number of hydrogen-bond acceptors (Lipinski definition) is 5. The van der Waals surface area contributed by atoms with Crippen molar-refractivity contribution in [2.45, 2.75) is 25.2 Å². The standard InChI is InChI=1S/C27H25N5O2/c33-26-21(15-20-6-1-3-7-22(20)30-26)18-9-12-31(13-10-18)25-16-23(28-17-29-25)27(34)32-14-11-19-5-2-4-8-24(19)32/h1-8,15-18H,9-14H2,(H,30,33). The van der Waals surface area contributed by atoms with Crippen molar-refractivity contribution < 1.29 is 4.79 Å². The molecule has 2 aromatic heterocycles. The van der Waals surface area contributed by atoms with E-state index in [-0.39, 0.29) is 17.4 Å². The molecule has 2 aromatic carbocycles. The van der Waals surface area contributed by atoms with Crippen molar-refractivity contribution in [2.24, 2.45) is 0 Å². The minimum absolute atomic E-state index is 0.00189. The maximum absolute atomic E-state index is 13.2. The lowest BCUT2D eigenvalue weighted by Gasteiger charge is -2.32. The Bertz CT molecular complexity index is 1440. The summed E-state index contributed by atoms with van der Waals surface area (Å²) in [5, 5.41) is 1.06. The Kier molecular flexibility index (Phi) is 5.09. The number of carbonyl (C=O) groups excluding carboxylic acids is 1. The fourth-order valence-corrected chi connectivity index (χ4v) is 5.21. The molecule has 0 spiro atoms. The van der Waals surface area contributed by atoms with Crippen LogP contribution in [0.15, 0.2) is 71.8 Å². The van der Waals surface area contributed by atoms with Crippen LogP contribution in [0.2, 0.25) is 0 Å². The summed E-state index contributed by atoms with van der Waals surface area (Å²) in [5.41, 5.74) is 4.29. The summed E-state index contributed by atoms with van der Waals surface area (Å²) >= 11 is 0. The topological polar surface area (TPSA) is 82.2 Å². The molecule has 1 N–H and O–H groups in total. The molecule has 4 aromatic rings. The first-order valence-electron chi connectivity index (χ1n) is 11.8. The molecule has 0 bridgehead atoms. The second-order valence-electron chi connectivity index (χ2n) is 9.00. The summed E-state index contributed by atoms with van der Waals surface area (Å²) in [6.07, 6.45) is 4.05. The number of anilines is 2. The SMILES string of the molecule is O=C(c1cc(N2CCC(c3cc4ccccc4[nH]c3=O)CC2)ncn1)N1CCc2ccccc21. The van der Waals surface area contributed by atoms with E-state index in [9.17, 15) is 9.59 Å². The molecule has 7 nitrogen and oxygen atoms in total. The molecule has 6 rings (SSSR count). The van der Waals surface area contributed by atoms with Gasteiger partial charge in [-0.1, -0.05) is 36.4 Å². The van der Waals surface area contributed by atoms with Gasteiger partial charge in [-0.15, -0.1) is 0 Å². The van der Waals surface area contributed by atoms with E-state index < -0.39 is 0 Å². The minimum atomic E-state index is -0.0915. The zero-order valence-electron chi connectivity index (χ0n) is 18.8. The summed E-state index contributed by atoms with van der Waals surface area (Å²) in [6, 6.07) is 19.7. The van der Waals surface area contributed by atoms with Crippen LogP contribution in [0.5, 0.6) is 0 Å².